The summed E-state index contributed by atoms with van der Waals surface area (Å²) in [6.45, 7) is 19.7. The van der Waals surface area contributed by atoms with Crippen LogP contribution in [0.5, 0.6) is 0 Å². The highest BCUT2D eigenvalue weighted by atomic mass is 35.5. The molecule has 3 atom stereocenters. The minimum atomic E-state index is -2.70. The van der Waals surface area contributed by atoms with Gasteiger partial charge in [0.05, 0.1) is 12.4 Å². The molecule has 0 radical (unpaired) electrons. The molecule has 0 saturated heterocycles. The van der Waals surface area contributed by atoms with Gasteiger partial charge in [0.25, 0.3) is 8.32 Å². The van der Waals surface area contributed by atoms with Gasteiger partial charge < -0.3 is 13.4 Å². The third-order valence-corrected chi connectivity index (χ3v) is 19.3. The van der Waals surface area contributed by atoms with Crippen LogP contribution in [0.2, 0.25) is 28.3 Å². The molecule has 0 bridgehead atoms. The van der Waals surface area contributed by atoms with Gasteiger partial charge in [0.1, 0.15) is 11.8 Å². The topological polar surface area (TPSA) is 62.1 Å². The molecular formula is C34H45ClN4O2Si2. The molecule has 0 fully saturated rings. The van der Waals surface area contributed by atoms with Crippen LogP contribution in [0.25, 0.3) is 11.2 Å². The van der Waals surface area contributed by atoms with Crippen molar-refractivity contribution in [1.29, 1.82) is 0 Å². The Bertz CT molecular complexity index is 1520. The lowest BCUT2D eigenvalue weighted by atomic mass is 9.94. The maximum absolute atomic E-state index is 7.42. The summed E-state index contributed by atoms with van der Waals surface area (Å²) in [5.41, 5.74) is 1.36. The summed E-state index contributed by atoms with van der Waals surface area (Å²) in [6.07, 6.45) is 7.93. The van der Waals surface area contributed by atoms with Crippen LogP contribution < -0.4 is 10.4 Å². The number of halogens is 1. The van der Waals surface area contributed by atoms with E-state index in [1.165, 1.54) is 16.7 Å². The molecule has 0 N–H and O–H groups in total. The van der Waals surface area contributed by atoms with Crippen LogP contribution in [0.4, 0.5) is 0 Å². The molecule has 4 aromatic rings. The highest BCUT2D eigenvalue weighted by Gasteiger charge is 2.51. The first kappa shape index (κ1) is 31.8. The fourth-order valence-electron chi connectivity index (χ4n) is 6.04. The van der Waals surface area contributed by atoms with E-state index in [0.717, 1.165) is 5.65 Å². The fraction of sp³-hybridized carbons (Fsp3) is 0.441. The predicted molar refractivity (Wildman–Crippen MR) is 182 cm³/mol. The summed E-state index contributed by atoms with van der Waals surface area (Å²) in [6, 6.07) is 21.7. The molecule has 0 spiro atoms. The Morgan fingerprint density at radius 1 is 0.767 bits per heavy atom. The number of fused-ring (bicyclic) bond motifs is 1. The number of benzene rings is 2. The molecule has 43 heavy (non-hydrogen) atoms. The van der Waals surface area contributed by atoms with Crippen LogP contribution >= 0.6 is 11.6 Å². The molecule has 6 nitrogen and oxygen atoms in total. The van der Waals surface area contributed by atoms with Crippen molar-refractivity contribution < 1.29 is 8.85 Å². The number of nitrogens with zero attached hydrogens (tertiary/aromatic N) is 4. The van der Waals surface area contributed by atoms with Crippen molar-refractivity contribution in [3.8, 4) is 0 Å². The first-order valence-electron chi connectivity index (χ1n) is 15.2. The number of hydrogen-bond donors (Lipinski definition) is 0. The van der Waals surface area contributed by atoms with E-state index < -0.39 is 16.6 Å². The van der Waals surface area contributed by atoms with E-state index in [1.807, 2.05) is 6.33 Å². The third kappa shape index (κ3) is 6.05. The SMILES string of the molecule is CC(C)(C)[Si](C)(C)OC[C@@H]1[C@@H](CO[Si](c2ccccc2)(c2ccccc2)C(C)(C)C)C=C[C@H]1n1cnc2c(Cl)ncnc21. The van der Waals surface area contributed by atoms with Gasteiger partial charge >= 0.3 is 0 Å². The van der Waals surface area contributed by atoms with Gasteiger partial charge in [0, 0.05) is 25.0 Å². The van der Waals surface area contributed by atoms with E-state index in [4.69, 9.17) is 20.5 Å². The summed E-state index contributed by atoms with van der Waals surface area (Å²) < 4.78 is 16.5. The summed E-state index contributed by atoms with van der Waals surface area (Å²) in [5, 5.41) is 2.95. The normalized spacial score (nSPS) is 19.8. The molecule has 1 aliphatic carbocycles. The molecule has 0 saturated carbocycles. The van der Waals surface area contributed by atoms with Crippen molar-refractivity contribution >= 4 is 49.8 Å². The largest absolute Gasteiger partial charge is 0.416 e. The lowest BCUT2D eigenvalue weighted by Gasteiger charge is -2.44. The average molecular weight is 633 g/mol. The Morgan fingerprint density at radius 2 is 1.37 bits per heavy atom. The van der Waals surface area contributed by atoms with Gasteiger partial charge in [0.2, 0.25) is 0 Å². The van der Waals surface area contributed by atoms with Crippen LogP contribution in [0, 0.1) is 11.8 Å². The third-order valence-electron chi connectivity index (χ3n) is 9.53. The zero-order valence-electron chi connectivity index (χ0n) is 26.7. The molecular weight excluding hydrogens is 588 g/mol. The minimum absolute atomic E-state index is 0.00786. The van der Waals surface area contributed by atoms with Crippen molar-refractivity contribution in [2.24, 2.45) is 11.8 Å². The lowest BCUT2D eigenvalue weighted by Crippen LogP contribution is -2.67. The first-order chi connectivity index (χ1) is 20.3. The molecule has 2 aromatic carbocycles. The van der Waals surface area contributed by atoms with Crippen molar-refractivity contribution in [2.75, 3.05) is 13.2 Å². The van der Waals surface area contributed by atoms with Crippen LogP contribution in [0.15, 0.2) is 85.5 Å². The molecule has 2 aromatic heterocycles. The number of imidazole rings is 1. The van der Waals surface area contributed by atoms with Gasteiger partial charge in [-0.3, -0.25) is 0 Å². The zero-order valence-corrected chi connectivity index (χ0v) is 29.5. The van der Waals surface area contributed by atoms with Gasteiger partial charge in [-0.1, -0.05) is 126 Å². The van der Waals surface area contributed by atoms with E-state index in [9.17, 15) is 0 Å². The molecule has 0 unspecified atom stereocenters. The summed E-state index contributed by atoms with van der Waals surface area (Å²) >= 11 is 6.39. The second-order valence-corrected chi connectivity index (χ2v) is 23.7. The minimum Gasteiger partial charge on any atom is -0.416 e. The zero-order chi connectivity index (χ0) is 31.0. The van der Waals surface area contributed by atoms with Gasteiger partial charge in [-0.2, -0.15) is 0 Å². The Kier molecular flexibility index (Phi) is 8.91. The van der Waals surface area contributed by atoms with Gasteiger partial charge in [-0.15, -0.1) is 0 Å². The van der Waals surface area contributed by atoms with Crippen molar-refractivity contribution in [3.05, 3.63) is 90.6 Å². The second-order valence-electron chi connectivity index (χ2n) is 14.2. The van der Waals surface area contributed by atoms with Crippen LogP contribution in [-0.2, 0) is 8.85 Å². The van der Waals surface area contributed by atoms with Crippen molar-refractivity contribution in [3.63, 3.8) is 0 Å². The predicted octanol–water partition coefficient (Wildman–Crippen LogP) is 7.42. The highest BCUT2D eigenvalue weighted by molar-refractivity contribution is 6.99. The second kappa shape index (κ2) is 12.0. The molecule has 9 heteroatoms. The van der Waals surface area contributed by atoms with E-state index in [0.29, 0.717) is 23.9 Å². The molecule has 228 valence electrons. The van der Waals surface area contributed by atoms with Gasteiger partial charge in [-0.05, 0) is 33.5 Å². The van der Waals surface area contributed by atoms with Crippen molar-refractivity contribution in [2.45, 2.75) is 70.8 Å². The maximum atomic E-state index is 7.42. The first-order valence-corrected chi connectivity index (χ1v) is 20.4. The Labute approximate surface area is 263 Å². The van der Waals surface area contributed by atoms with Crippen molar-refractivity contribution in [1.82, 2.24) is 19.5 Å². The maximum Gasteiger partial charge on any atom is 0.261 e. The quantitative estimate of drug-likeness (QED) is 0.109. The Morgan fingerprint density at radius 3 is 1.93 bits per heavy atom. The van der Waals surface area contributed by atoms with Crippen LogP contribution in [0.1, 0.15) is 47.6 Å². The van der Waals surface area contributed by atoms with E-state index >= 15 is 0 Å². The molecule has 5 rings (SSSR count). The molecule has 2 heterocycles. The number of rotatable bonds is 9. The average Bonchev–Trinajstić information content (AvgIpc) is 3.57. The number of allylic oxidation sites excluding steroid dienone is 1. The van der Waals surface area contributed by atoms with E-state index in [-0.39, 0.29) is 28.0 Å². The molecule has 0 aliphatic heterocycles. The monoisotopic (exact) mass is 632 g/mol. The lowest BCUT2D eigenvalue weighted by molar-refractivity contribution is 0.140. The van der Waals surface area contributed by atoms with E-state index in [1.54, 1.807) is 0 Å². The molecule has 0 amide bonds. The van der Waals surface area contributed by atoms with Gasteiger partial charge in [-0.25, -0.2) is 15.0 Å². The Balaban J connectivity index is 1.53. The summed E-state index contributed by atoms with van der Waals surface area (Å²) in [4.78, 5) is 13.3. The van der Waals surface area contributed by atoms with E-state index in [2.05, 4.69) is 147 Å². The summed E-state index contributed by atoms with van der Waals surface area (Å²) in [7, 11) is -4.70. The van der Waals surface area contributed by atoms with Crippen LogP contribution in [0.3, 0.4) is 0 Å². The number of hydrogen-bond acceptors (Lipinski definition) is 5. The highest BCUT2D eigenvalue weighted by Crippen LogP contribution is 2.43. The smallest absolute Gasteiger partial charge is 0.261 e. The number of aromatic nitrogens is 4. The summed E-state index contributed by atoms with van der Waals surface area (Å²) in [5.74, 6) is 0.282. The van der Waals surface area contributed by atoms with Crippen LogP contribution in [-0.4, -0.2) is 49.4 Å². The van der Waals surface area contributed by atoms with Gasteiger partial charge in [0.15, 0.2) is 19.1 Å². The Hall–Kier alpha value is -2.63. The standard InChI is InChI=1S/C34H45ClN4O2Si2/c1-33(2,3)42(7,8)40-22-28-25(19-20-29(28)39-24-38-30-31(35)36-23-37-32(30)39)21-41-43(34(4,5)6,26-15-11-9-12-16-26)27-17-13-10-14-18-27/h9-20,23-25,28-29H,21-22H2,1-8H3/t25-,28-,29-/m1/s1. The molecule has 1 aliphatic rings. The fourth-order valence-corrected chi connectivity index (χ4v) is 11.9.